The highest BCUT2D eigenvalue weighted by molar-refractivity contribution is 5.68. The van der Waals surface area contributed by atoms with Crippen molar-refractivity contribution < 1.29 is 14.6 Å². The zero-order chi connectivity index (χ0) is 13.5. The first kappa shape index (κ1) is 15.6. The van der Waals surface area contributed by atoms with Crippen molar-refractivity contribution in [1.82, 2.24) is 5.32 Å². The molecule has 0 fully saturated rings. The van der Waals surface area contributed by atoms with E-state index in [1.54, 1.807) is 20.8 Å². The number of hydrogen-bond donors (Lipinski definition) is 3. The molecule has 0 aliphatic rings. The first-order chi connectivity index (χ1) is 7.80. The van der Waals surface area contributed by atoms with Gasteiger partial charge in [0.2, 0.25) is 0 Å². The smallest absolute Gasteiger partial charge is 0.407 e. The molecule has 0 heterocycles. The summed E-state index contributed by atoms with van der Waals surface area (Å²) >= 11 is 0. The SMILES string of the molecule is CCC[C@H](NC(=O)OC(C)(C)C)C(O)C#CN. The standard InChI is InChI=1S/C12H22N2O3/c1-5-6-9(10(15)7-8-13)14-11(16)17-12(2,3)4/h9-10,15H,5-6,13H2,1-4H3,(H,14,16)/t9-,10?/m0/s1. The minimum atomic E-state index is -0.979. The molecule has 98 valence electrons. The molecule has 0 aromatic rings. The average molecular weight is 242 g/mol. The highest BCUT2D eigenvalue weighted by Gasteiger charge is 2.22. The lowest BCUT2D eigenvalue weighted by Gasteiger charge is -2.24. The maximum absolute atomic E-state index is 11.5. The topological polar surface area (TPSA) is 84.6 Å². The molecule has 0 aliphatic carbocycles. The molecule has 1 amide bonds. The summed E-state index contributed by atoms with van der Waals surface area (Å²) in [4.78, 5) is 11.5. The molecule has 4 N–H and O–H groups in total. The highest BCUT2D eigenvalue weighted by atomic mass is 16.6. The first-order valence-corrected chi connectivity index (χ1v) is 5.69. The Morgan fingerprint density at radius 3 is 2.53 bits per heavy atom. The van der Waals surface area contributed by atoms with E-state index in [-0.39, 0.29) is 0 Å². The van der Waals surface area contributed by atoms with E-state index in [4.69, 9.17) is 10.5 Å². The molecule has 0 aromatic carbocycles. The lowest BCUT2D eigenvalue weighted by Crippen LogP contribution is -2.45. The molecule has 0 bridgehead atoms. The molecule has 2 atom stereocenters. The molecule has 0 rings (SSSR count). The number of alkyl carbamates (subject to hydrolysis) is 1. The minimum Gasteiger partial charge on any atom is -0.444 e. The van der Waals surface area contributed by atoms with Gasteiger partial charge in [0, 0.05) is 6.04 Å². The van der Waals surface area contributed by atoms with Crippen LogP contribution in [0.15, 0.2) is 0 Å². The molecule has 0 aromatic heterocycles. The predicted octanol–water partition coefficient (Wildman–Crippen LogP) is 0.960. The van der Waals surface area contributed by atoms with E-state index in [9.17, 15) is 9.90 Å². The number of nitrogens with two attached hydrogens (primary N) is 1. The van der Waals surface area contributed by atoms with Crippen LogP contribution in [0.5, 0.6) is 0 Å². The molecule has 0 saturated heterocycles. The normalized spacial score (nSPS) is 14.2. The van der Waals surface area contributed by atoms with Gasteiger partial charge >= 0.3 is 6.09 Å². The number of aliphatic hydroxyl groups is 1. The van der Waals surface area contributed by atoms with Crippen LogP contribution in [0.25, 0.3) is 0 Å². The number of hydrogen-bond acceptors (Lipinski definition) is 4. The Morgan fingerprint density at radius 2 is 2.12 bits per heavy atom. The fraction of sp³-hybridized carbons (Fsp3) is 0.750. The van der Waals surface area contributed by atoms with Crippen molar-refractivity contribution in [2.75, 3.05) is 0 Å². The molecule has 0 aliphatic heterocycles. The number of carbonyl (C=O) groups is 1. The molecule has 5 nitrogen and oxygen atoms in total. The molecule has 17 heavy (non-hydrogen) atoms. The summed E-state index contributed by atoms with van der Waals surface area (Å²) in [6.07, 6.45) is -0.125. The van der Waals surface area contributed by atoms with Crippen molar-refractivity contribution in [2.24, 2.45) is 5.73 Å². The van der Waals surface area contributed by atoms with Gasteiger partial charge in [-0.25, -0.2) is 4.79 Å². The van der Waals surface area contributed by atoms with Crippen LogP contribution in [0.3, 0.4) is 0 Å². The maximum atomic E-state index is 11.5. The van der Waals surface area contributed by atoms with Crippen LogP contribution in [0, 0.1) is 12.0 Å². The Labute approximate surface area is 103 Å². The summed E-state index contributed by atoms with van der Waals surface area (Å²) in [5.74, 6) is 2.41. The lowest BCUT2D eigenvalue weighted by molar-refractivity contribution is 0.0454. The van der Waals surface area contributed by atoms with Gasteiger partial charge in [0.25, 0.3) is 0 Å². The molecular formula is C12H22N2O3. The first-order valence-electron chi connectivity index (χ1n) is 5.69. The average Bonchev–Trinajstić information content (AvgIpc) is 2.14. The lowest BCUT2D eigenvalue weighted by atomic mass is 10.1. The van der Waals surface area contributed by atoms with E-state index in [1.165, 1.54) is 0 Å². The van der Waals surface area contributed by atoms with E-state index in [0.717, 1.165) is 6.42 Å². The second-order valence-corrected chi connectivity index (χ2v) is 4.77. The third-order valence-corrected chi connectivity index (χ3v) is 1.91. The molecule has 1 unspecified atom stereocenters. The summed E-state index contributed by atoms with van der Waals surface area (Å²) in [5.41, 5.74) is 4.47. The second-order valence-electron chi connectivity index (χ2n) is 4.77. The van der Waals surface area contributed by atoms with E-state index >= 15 is 0 Å². The van der Waals surface area contributed by atoms with Gasteiger partial charge in [-0.3, -0.25) is 0 Å². The fourth-order valence-electron chi connectivity index (χ4n) is 1.26. The van der Waals surface area contributed by atoms with Crippen LogP contribution >= 0.6 is 0 Å². The number of nitrogens with one attached hydrogen (secondary N) is 1. The van der Waals surface area contributed by atoms with E-state index in [0.29, 0.717) is 6.42 Å². The highest BCUT2D eigenvalue weighted by Crippen LogP contribution is 2.08. The van der Waals surface area contributed by atoms with Crippen LogP contribution in [0.4, 0.5) is 4.79 Å². The summed E-state index contributed by atoms with van der Waals surface area (Å²) in [7, 11) is 0. The number of ether oxygens (including phenoxy) is 1. The van der Waals surface area contributed by atoms with Gasteiger partial charge in [0.1, 0.15) is 11.7 Å². The fourth-order valence-corrected chi connectivity index (χ4v) is 1.26. The van der Waals surface area contributed by atoms with E-state index in [2.05, 4.69) is 17.3 Å². The van der Waals surface area contributed by atoms with Gasteiger partial charge < -0.3 is 20.9 Å². The second kappa shape index (κ2) is 7.02. The van der Waals surface area contributed by atoms with Gasteiger partial charge in [-0.05, 0) is 33.1 Å². The van der Waals surface area contributed by atoms with Gasteiger partial charge in [-0.2, -0.15) is 0 Å². The Bertz CT molecular complexity index is 299. The zero-order valence-corrected chi connectivity index (χ0v) is 10.9. The van der Waals surface area contributed by atoms with Crippen LogP contribution < -0.4 is 11.1 Å². The van der Waals surface area contributed by atoms with Crippen LogP contribution in [-0.4, -0.2) is 28.9 Å². The quantitative estimate of drug-likeness (QED) is 0.506. The summed E-state index contributed by atoms with van der Waals surface area (Å²) in [6.45, 7) is 7.28. The number of rotatable bonds is 4. The van der Waals surface area contributed by atoms with Crippen LogP contribution in [0.1, 0.15) is 40.5 Å². The monoisotopic (exact) mass is 242 g/mol. The van der Waals surface area contributed by atoms with Crippen LogP contribution in [-0.2, 0) is 4.74 Å². The Morgan fingerprint density at radius 1 is 1.53 bits per heavy atom. The van der Waals surface area contributed by atoms with Gasteiger partial charge in [0.05, 0.1) is 6.04 Å². The van der Waals surface area contributed by atoms with Crippen molar-refractivity contribution >= 4 is 6.09 Å². The van der Waals surface area contributed by atoms with Crippen LogP contribution in [0.2, 0.25) is 0 Å². The van der Waals surface area contributed by atoms with Gasteiger partial charge in [-0.15, -0.1) is 0 Å². The number of aliphatic hydroxyl groups excluding tert-OH is 1. The Balaban J connectivity index is 4.42. The molecule has 5 heteroatoms. The minimum absolute atomic E-state index is 0.467. The number of amides is 1. The Hall–Kier alpha value is -1.41. The van der Waals surface area contributed by atoms with Crippen molar-refractivity contribution in [3.8, 4) is 12.0 Å². The van der Waals surface area contributed by atoms with E-state index in [1.807, 2.05) is 6.92 Å². The predicted molar refractivity (Wildman–Crippen MR) is 66.0 cm³/mol. The van der Waals surface area contributed by atoms with Crippen molar-refractivity contribution in [3.63, 3.8) is 0 Å². The van der Waals surface area contributed by atoms with Crippen molar-refractivity contribution in [1.29, 1.82) is 0 Å². The summed E-state index contributed by atoms with van der Waals surface area (Å²) in [6, 6.07) is 1.67. The third-order valence-electron chi connectivity index (χ3n) is 1.91. The van der Waals surface area contributed by atoms with Crippen molar-refractivity contribution in [3.05, 3.63) is 0 Å². The van der Waals surface area contributed by atoms with E-state index < -0.39 is 23.8 Å². The maximum Gasteiger partial charge on any atom is 0.407 e. The third kappa shape index (κ3) is 7.47. The molecule has 0 spiro atoms. The Kier molecular flexibility index (Phi) is 6.44. The van der Waals surface area contributed by atoms with Gasteiger partial charge in [-0.1, -0.05) is 13.3 Å². The summed E-state index contributed by atoms with van der Waals surface area (Å²) in [5, 5.41) is 12.3. The molecular weight excluding hydrogens is 220 g/mol. The molecule has 0 radical (unpaired) electrons. The van der Waals surface area contributed by atoms with Crippen molar-refractivity contribution in [2.45, 2.75) is 58.3 Å². The number of carbonyl (C=O) groups excluding carboxylic acids is 1. The van der Waals surface area contributed by atoms with Gasteiger partial charge in [0.15, 0.2) is 0 Å². The zero-order valence-electron chi connectivity index (χ0n) is 10.9. The largest absolute Gasteiger partial charge is 0.444 e. The summed E-state index contributed by atoms with van der Waals surface area (Å²) < 4.78 is 5.10. The molecule has 0 saturated carbocycles.